The van der Waals surface area contributed by atoms with E-state index in [1.54, 1.807) is 0 Å². The van der Waals surface area contributed by atoms with E-state index < -0.39 is 15.1 Å². The summed E-state index contributed by atoms with van der Waals surface area (Å²) in [6.07, 6.45) is 0. The summed E-state index contributed by atoms with van der Waals surface area (Å²) in [6, 6.07) is 4.45. The fourth-order valence-corrected chi connectivity index (χ4v) is 1.25. The van der Waals surface area contributed by atoms with Gasteiger partial charge in [-0.3, -0.25) is 0 Å². The number of halogens is 2. The van der Waals surface area contributed by atoms with Crippen molar-refractivity contribution in [3.05, 3.63) is 34.4 Å². The molecule has 0 saturated heterocycles. The Balaban J connectivity index is 0.000000424. The second kappa shape index (κ2) is 6.82. The van der Waals surface area contributed by atoms with Crippen LogP contribution in [0.4, 0.5) is 0 Å². The molecule has 0 unspecified atom stereocenters. The van der Waals surface area contributed by atoms with Crippen molar-refractivity contribution in [3.63, 3.8) is 0 Å². The molecule has 0 N–H and O–H groups in total. The molecule has 1 aromatic rings. The Hall–Kier alpha value is 0.423. The van der Waals surface area contributed by atoms with Crippen molar-refractivity contribution >= 4 is 19.4 Å². The zero-order chi connectivity index (χ0) is 10.4. The van der Waals surface area contributed by atoms with Crippen LogP contribution in [0.3, 0.4) is 0 Å². The molecule has 0 bridgehead atoms. The SMILES string of the molecule is Cc1cc(C)c(C)c(C)c1.[Cl][Zn][Cl]. The first-order valence-electron chi connectivity index (χ1n) is 4.19. The van der Waals surface area contributed by atoms with Gasteiger partial charge in [0.1, 0.15) is 0 Å². The molecule has 0 fully saturated rings. The molecule has 70 valence electrons. The molecule has 0 heterocycles. The first-order valence-corrected chi connectivity index (χ1v) is 12.0. The van der Waals surface area contributed by atoms with Crippen molar-refractivity contribution < 1.29 is 15.1 Å². The molecule has 0 saturated carbocycles. The van der Waals surface area contributed by atoms with E-state index in [0.29, 0.717) is 0 Å². The van der Waals surface area contributed by atoms with Crippen LogP contribution in [0.25, 0.3) is 0 Å². The van der Waals surface area contributed by atoms with Gasteiger partial charge in [-0.15, -0.1) is 0 Å². The number of benzene rings is 1. The van der Waals surface area contributed by atoms with Crippen LogP contribution in [0, 0.1) is 27.7 Å². The Morgan fingerprint density at radius 3 is 1.54 bits per heavy atom. The summed E-state index contributed by atoms with van der Waals surface area (Å²) in [4.78, 5) is 0. The number of aryl methyl sites for hydroxylation is 3. The van der Waals surface area contributed by atoms with Crippen LogP contribution < -0.4 is 0 Å². The van der Waals surface area contributed by atoms with E-state index >= 15 is 0 Å². The molecular formula is C10H14Cl2Zn. The minimum absolute atomic E-state index is 0.931. The molecule has 0 amide bonds. The van der Waals surface area contributed by atoms with Gasteiger partial charge >= 0.3 is 34.5 Å². The normalized spacial score (nSPS) is 8.46. The van der Waals surface area contributed by atoms with Crippen LogP contribution in [0.1, 0.15) is 22.3 Å². The molecule has 0 aliphatic heterocycles. The first-order chi connectivity index (χ1) is 6.02. The molecule has 0 radical (unpaired) electrons. The molecule has 1 rings (SSSR count). The standard InChI is InChI=1S/C10H14.2ClH.Zn/c1-7-5-8(2)10(4)9(3)6-7;;;/h5-6H,1-4H3;2*1H;/q;;;+2/p-2. The van der Waals surface area contributed by atoms with Crippen LogP contribution >= 0.6 is 19.4 Å². The molecule has 3 heteroatoms. The van der Waals surface area contributed by atoms with E-state index in [2.05, 4.69) is 39.8 Å². The second-order valence-electron chi connectivity index (χ2n) is 3.12. The predicted octanol–water partition coefficient (Wildman–Crippen LogP) is 4.30. The van der Waals surface area contributed by atoms with E-state index in [0.717, 1.165) is 0 Å². The topological polar surface area (TPSA) is 0 Å². The van der Waals surface area contributed by atoms with Crippen LogP contribution in [-0.4, -0.2) is 0 Å². The quantitative estimate of drug-likeness (QED) is 0.617. The molecule has 0 spiro atoms. The maximum absolute atomic E-state index is 4.95. The van der Waals surface area contributed by atoms with Gasteiger partial charge in [-0.1, -0.05) is 17.7 Å². The van der Waals surface area contributed by atoms with Crippen molar-refractivity contribution in [3.8, 4) is 0 Å². The maximum atomic E-state index is 4.95. The second-order valence-corrected chi connectivity index (χ2v) is 7.75. The molecule has 0 nitrogen and oxygen atoms in total. The Kier molecular flexibility index (Phi) is 7.04. The summed E-state index contributed by atoms with van der Waals surface area (Å²) in [5.41, 5.74) is 5.58. The summed E-state index contributed by atoms with van der Waals surface area (Å²) < 4.78 is 0. The molecule has 0 aliphatic carbocycles. The van der Waals surface area contributed by atoms with Gasteiger partial charge in [-0.05, 0) is 44.4 Å². The number of rotatable bonds is 0. The van der Waals surface area contributed by atoms with E-state index in [4.69, 9.17) is 19.4 Å². The van der Waals surface area contributed by atoms with Gasteiger partial charge in [0.05, 0.1) is 0 Å². The van der Waals surface area contributed by atoms with Crippen molar-refractivity contribution in [2.24, 2.45) is 0 Å². The first kappa shape index (κ1) is 13.4. The zero-order valence-corrected chi connectivity index (χ0v) is 13.1. The average molecular weight is 271 g/mol. The monoisotopic (exact) mass is 268 g/mol. The fourth-order valence-electron chi connectivity index (χ4n) is 1.25. The van der Waals surface area contributed by atoms with Gasteiger partial charge in [-0.2, -0.15) is 0 Å². The van der Waals surface area contributed by atoms with Gasteiger partial charge in [-0.25, -0.2) is 0 Å². The van der Waals surface area contributed by atoms with Crippen LogP contribution in [0.5, 0.6) is 0 Å². The van der Waals surface area contributed by atoms with Crippen molar-refractivity contribution in [2.45, 2.75) is 27.7 Å². The fraction of sp³-hybridized carbons (Fsp3) is 0.400. The van der Waals surface area contributed by atoms with Crippen molar-refractivity contribution in [2.75, 3.05) is 0 Å². The zero-order valence-electron chi connectivity index (χ0n) is 8.62. The summed E-state index contributed by atoms with van der Waals surface area (Å²) >= 11 is -0.931. The van der Waals surface area contributed by atoms with Crippen molar-refractivity contribution in [1.29, 1.82) is 0 Å². The van der Waals surface area contributed by atoms with Gasteiger partial charge in [0.15, 0.2) is 0 Å². The molecule has 0 aromatic heterocycles. The third kappa shape index (κ3) is 5.00. The number of hydrogen-bond donors (Lipinski definition) is 0. The van der Waals surface area contributed by atoms with E-state index in [1.807, 2.05) is 0 Å². The van der Waals surface area contributed by atoms with Crippen molar-refractivity contribution in [1.82, 2.24) is 0 Å². The molecule has 0 aliphatic rings. The van der Waals surface area contributed by atoms with E-state index in [-0.39, 0.29) is 0 Å². The summed E-state index contributed by atoms with van der Waals surface area (Å²) in [6.45, 7) is 8.63. The molecule has 13 heavy (non-hydrogen) atoms. The summed E-state index contributed by atoms with van der Waals surface area (Å²) in [5, 5.41) is 0. The molecule has 1 aromatic carbocycles. The third-order valence-corrected chi connectivity index (χ3v) is 2.07. The Bertz CT molecular complexity index is 249. The van der Waals surface area contributed by atoms with Crippen LogP contribution in [0.2, 0.25) is 0 Å². The van der Waals surface area contributed by atoms with Crippen LogP contribution in [-0.2, 0) is 15.1 Å². The Labute approximate surface area is 96.3 Å². The number of hydrogen-bond acceptors (Lipinski definition) is 0. The van der Waals surface area contributed by atoms with Crippen LogP contribution in [0.15, 0.2) is 12.1 Å². The summed E-state index contributed by atoms with van der Waals surface area (Å²) in [7, 11) is 9.90. The minimum atomic E-state index is -0.931. The molecular weight excluding hydrogens is 256 g/mol. The van der Waals surface area contributed by atoms with E-state index in [9.17, 15) is 0 Å². The summed E-state index contributed by atoms with van der Waals surface area (Å²) in [5.74, 6) is 0. The van der Waals surface area contributed by atoms with Gasteiger partial charge < -0.3 is 0 Å². The molecule has 0 atom stereocenters. The van der Waals surface area contributed by atoms with E-state index in [1.165, 1.54) is 22.3 Å². The van der Waals surface area contributed by atoms with Gasteiger partial charge in [0, 0.05) is 0 Å². The van der Waals surface area contributed by atoms with Gasteiger partial charge in [0.2, 0.25) is 0 Å². The predicted molar refractivity (Wildman–Crippen MR) is 57.1 cm³/mol. The Morgan fingerprint density at radius 2 is 1.23 bits per heavy atom. The Morgan fingerprint density at radius 1 is 0.923 bits per heavy atom. The van der Waals surface area contributed by atoms with Gasteiger partial charge in [0.25, 0.3) is 0 Å². The average Bonchev–Trinajstić information content (AvgIpc) is 2.01. The third-order valence-electron chi connectivity index (χ3n) is 2.07.